The molecule has 0 bridgehead atoms. The van der Waals surface area contributed by atoms with E-state index in [1.807, 2.05) is 0 Å². The molecule has 1 aliphatic heterocycles. The largest absolute Gasteiger partial charge is 0.461 e. The van der Waals surface area contributed by atoms with E-state index < -0.39 is 0 Å². The van der Waals surface area contributed by atoms with Crippen LogP contribution in [-0.2, 0) is 4.79 Å². The molecule has 1 amide bonds. The molecule has 0 N–H and O–H groups in total. The van der Waals surface area contributed by atoms with Crippen LogP contribution in [0.25, 0.3) is 11.0 Å². The van der Waals surface area contributed by atoms with Gasteiger partial charge in [0, 0.05) is 30.3 Å². The minimum atomic E-state index is 0.343. The zero-order valence-corrected chi connectivity index (χ0v) is 15.6. The first-order chi connectivity index (χ1) is 12.8. The third-order valence-electron chi connectivity index (χ3n) is 6.77. The number of hydrogen-bond acceptors (Lipinski definition) is 2. The summed E-state index contributed by atoms with van der Waals surface area (Å²) >= 11 is 0. The van der Waals surface area contributed by atoms with E-state index in [0.29, 0.717) is 17.7 Å². The highest BCUT2D eigenvalue weighted by Gasteiger charge is 2.35. The number of benzene rings is 1. The van der Waals surface area contributed by atoms with Crippen molar-refractivity contribution in [3.05, 3.63) is 35.6 Å². The number of fused-ring (bicyclic) bond motifs is 1. The smallest absolute Gasteiger partial charge is 0.225 e. The molecule has 0 spiro atoms. The van der Waals surface area contributed by atoms with Gasteiger partial charge in [-0.1, -0.05) is 25.3 Å². The molecule has 1 aromatic heterocycles. The number of carbonyl (C=O) groups is 1. The van der Waals surface area contributed by atoms with Crippen molar-refractivity contribution >= 4 is 16.9 Å². The lowest BCUT2D eigenvalue weighted by atomic mass is 9.84. The molecule has 2 aliphatic carbocycles. The maximum atomic E-state index is 12.2. The Bertz CT molecular complexity index is 790. The molecule has 5 rings (SSSR count). The lowest BCUT2D eigenvalue weighted by Gasteiger charge is -2.31. The number of furan rings is 1. The number of amides is 1. The summed E-state index contributed by atoms with van der Waals surface area (Å²) in [5.41, 5.74) is 2.52. The lowest BCUT2D eigenvalue weighted by Crippen LogP contribution is -2.38. The Balaban J connectivity index is 1.29. The molecular weight excluding hydrogens is 322 g/mol. The van der Waals surface area contributed by atoms with E-state index in [1.54, 1.807) is 0 Å². The fraction of sp³-hybridized carbons (Fsp3) is 0.609. The SMILES string of the molecule is O=C(C1CC1)N1CCC(c2cc3cc(C4CCCCC4)ccc3o2)CC1. The number of hydrogen-bond donors (Lipinski definition) is 0. The average Bonchev–Trinajstić information content (AvgIpc) is 3.46. The van der Waals surface area contributed by atoms with E-state index in [1.165, 1.54) is 43.1 Å². The number of nitrogens with zero attached hydrogens (tertiary/aromatic N) is 1. The molecule has 138 valence electrons. The minimum Gasteiger partial charge on any atom is -0.461 e. The molecule has 0 unspecified atom stereocenters. The fourth-order valence-electron chi connectivity index (χ4n) is 4.95. The van der Waals surface area contributed by atoms with Crippen LogP contribution in [0.4, 0.5) is 0 Å². The van der Waals surface area contributed by atoms with E-state index in [2.05, 4.69) is 29.2 Å². The first-order valence-electron chi connectivity index (χ1n) is 10.6. The second kappa shape index (κ2) is 6.75. The van der Waals surface area contributed by atoms with Crippen molar-refractivity contribution in [2.75, 3.05) is 13.1 Å². The van der Waals surface area contributed by atoms with Crippen LogP contribution in [0.2, 0.25) is 0 Å². The van der Waals surface area contributed by atoms with Crippen LogP contribution in [0.5, 0.6) is 0 Å². The molecule has 3 aliphatic rings. The van der Waals surface area contributed by atoms with Gasteiger partial charge in [0.25, 0.3) is 0 Å². The second-order valence-corrected chi connectivity index (χ2v) is 8.65. The number of rotatable bonds is 3. The van der Waals surface area contributed by atoms with Gasteiger partial charge < -0.3 is 9.32 Å². The predicted octanol–water partition coefficient (Wildman–Crippen LogP) is 5.60. The van der Waals surface area contributed by atoms with Crippen LogP contribution in [0.15, 0.2) is 28.7 Å². The zero-order valence-electron chi connectivity index (χ0n) is 15.6. The van der Waals surface area contributed by atoms with Crippen molar-refractivity contribution in [2.24, 2.45) is 5.92 Å². The van der Waals surface area contributed by atoms with E-state index in [-0.39, 0.29) is 0 Å². The Kier molecular flexibility index (Phi) is 4.26. The molecule has 2 aromatic rings. The molecule has 0 atom stereocenters. The quantitative estimate of drug-likeness (QED) is 0.721. The topological polar surface area (TPSA) is 33.5 Å². The van der Waals surface area contributed by atoms with Gasteiger partial charge >= 0.3 is 0 Å². The Hall–Kier alpha value is -1.77. The molecule has 3 fully saturated rings. The van der Waals surface area contributed by atoms with Crippen LogP contribution in [0, 0.1) is 5.92 Å². The summed E-state index contributed by atoms with van der Waals surface area (Å²) in [6, 6.07) is 9.09. The molecule has 3 heteroatoms. The van der Waals surface area contributed by atoms with E-state index >= 15 is 0 Å². The number of likely N-dealkylation sites (tertiary alicyclic amines) is 1. The first kappa shape index (κ1) is 16.4. The maximum absolute atomic E-state index is 12.2. The average molecular weight is 351 g/mol. The van der Waals surface area contributed by atoms with Crippen LogP contribution < -0.4 is 0 Å². The van der Waals surface area contributed by atoms with Gasteiger partial charge in [0.2, 0.25) is 5.91 Å². The van der Waals surface area contributed by atoms with Gasteiger partial charge in [-0.15, -0.1) is 0 Å². The molecule has 2 saturated carbocycles. The molecular formula is C23H29NO2. The summed E-state index contributed by atoms with van der Waals surface area (Å²) < 4.78 is 6.20. The normalized spacial score (nSPS) is 22.8. The first-order valence-corrected chi connectivity index (χ1v) is 10.6. The van der Waals surface area contributed by atoms with Crippen LogP contribution >= 0.6 is 0 Å². The Labute approximate surface area is 155 Å². The summed E-state index contributed by atoms with van der Waals surface area (Å²) in [6.45, 7) is 1.79. The number of carbonyl (C=O) groups excluding carboxylic acids is 1. The van der Waals surface area contributed by atoms with Crippen molar-refractivity contribution < 1.29 is 9.21 Å². The summed E-state index contributed by atoms with van der Waals surface area (Å²) in [5, 5.41) is 1.26. The monoisotopic (exact) mass is 351 g/mol. The second-order valence-electron chi connectivity index (χ2n) is 8.65. The van der Waals surface area contributed by atoms with Crippen molar-refractivity contribution in [2.45, 2.75) is 69.6 Å². The Morgan fingerprint density at radius 1 is 0.885 bits per heavy atom. The van der Waals surface area contributed by atoms with Crippen LogP contribution in [-0.4, -0.2) is 23.9 Å². The van der Waals surface area contributed by atoms with Crippen molar-refractivity contribution in [1.82, 2.24) is 4.90 Å². The highest BCUT2D eigenvalue weighted by molar-refractivity contribution is 5.81. The van der Waals surface area contributed by atoms with Crippen LogP contribution in [0.3, 0.4) is 0 Å². The van der Waals surface area contributed by atoms with Crippen molar-refractivity contribution in [3.63, 3.8) is 0 Å². The van der Waals surface area contributed by atoms with Gasteiger partial charge in [-0.25, -0.2) is 0 Å². The summed E-state index contributed by atoms with van der Waals surface area (Å²) in [5.74, 6) is 3.06. The van der Waals surface area contributed by atoms with E-state index in [4.69, 9.17) is 4.42 Å². The summed E-state index contributed by atoms with van der Waals surface area (Å²) in [4.78, 5) is 14.3. The third-order valence-corrected chi connectivity index (χ3v) is 6.77. The third kappa shape index (κ3) is 3.17. The fourth-order valence-corrected chi connectivity index (χ4v) is 4.95. The molecule has 1 saturated heterocycles. The van der Waals surface area contributed by atoms with E-state index in [9.17, 15) is 4.79 Å². The summed E-state index contributed by atoms with van der Waals surface area (Å²) in [7, 11) is 0. The van der Waals surface area contributed by atoms with Gasteiger partial charge in [-0.2, -0.15) is 0 Å². The predicted molar refractivity (Wildman–Crippen MR) is 103 cm³/mol. The Morgan fingerprint density at radius 2 is 1.65 bits per heavy atom. The summed E-state index contributed by atoms with van der Waals surface area (Å²) in [6.07, 6.45) is 11.1. The van der Waals surface area contributed by atoms with Gasteiger partial charge in [-0.3, -0.25) is 4.79 Å². The molecule has 26 heavy (non-hydrogen) atoms. The van der Waals surface area contributed by atoms with Gasteiger partial charge in [0.15, 0.2) is 0 Å². The van der Waals surface area contributed by atoms with Crippen LogP contribution in [0.1, 0.15) is 80.9 Å². The highest BCUT2D eigenvalue weighted by atomic mass is 16.3. The lowest BCUT2D eigenvalue weighted by molar-refractivity contribution is -0.133. The maximum Gasteiger partial charge on any atom is 0.225 e. The van der Waals surface area contributed by atoms with Gasteiger partial charge in [0.1, 0.15) is 11.3 Å². The molecule has 2 heterocycles. The molecule has 0 radical (unpaired) electrons. The van der Waals surface area contributed by atoms with Gasteiger partial charge in [-0.05, 0) is 68.2 Å². The van der Waals surface area contributed by atoms with E-state index in [0.717, 1.165) is 56.0 Å². The molecule has 1 aromatic carbocycles. The molecule has 3 nitrogen and oxygen atoms in total. The van der Waals surface area contributed by atoms with Crippen molar-refractivity contribution in [1.29, 1.82) is 0 Å². The van der Waals surface area contributed by atoms with Gasteiger partial charge in [0.05, 0.1) is 0 Å². The standard InChI is InChI=1S/C23H29NO2/c25-23(18-6-7-18)24-12-10-17(11-13-24)22-15-20-14-19(8-9-21(20)26-22)16-4-2-1-3-5-16/h8-9,14-18H,1-7,10-13H2. The zero-order chi connectivity index (χ0) is 17.5. The highest BCUT2D eigenvalue weighted by Crippen LogP contribution is 2.38. The number of piperidine rings is 1. The minimum absolute atomic E-state index is 0.343. The Morgan fingerprint density at radius 3 is 2.38 bits per heavy atom. The van der Waals surface area contributed by atoms with Crippen molar-refractivity contribution in [3.8, 4) is 0 Å².